The predicted molar refractivity (Wildman–Crippen MR) is 67.4 cm³/mol. The molecule has 2 aromatic rings. The summed E-state index contributed by atoms with van der Waals surface area (Å²) in [5.41, 5.74) is 6.63. The summed E-state index contributed by atoms with van der Waals surface area (Å²) in [6, 6.07) is 2.90. The molecule has 132 valence electrons. The number of aryl methyl sites for hydroxylation is 1. The van der Waals surface area contributed by atoms with Gasteiger partial charge in [0.15, 0.2) is 0 Å². The van der Waals surface area contributed by atoms with E-state index in [4.69, 9.17) is 5.73 Å². The van der Waals surface area contributed by atoms with Crippen molar-refractivity contribution in [2.75, 3.05) is 5.73 Å². The second kappa shape index (κ2) is 5.60. The molecule has 2 rings (SSSR count). The van der Waals surface area contributed by atoms with E-state index < -0.39 is 23.8 Å². The minimum absolute atomic E-state index is 0.262. The van der Waals surface area contributed by atoms with Crippen LogP contribution in [0.15, 0.2) is 18.5 Å². The number of aromatic nitrogens is 4. The van der Waals surface area contributed by atoms with E-state index in [-0.39, 0.29) is 12.2 Å². The van der Waals surface area contributed by atoms with Crippen LogP contribution >= 0.6 is 0 Å². The van der Waals surface area contributed by atoms with Crippen LogP contribution in [0.1, 0.15) is 17.2 Å². The first kappa shape index (κ1) is 17.9. The zero-order valence-electron chi connectivity index (χ0n) is 12.0. The van der Waals surface area contributed by atoms with E-state index in [1.165, 1.54) is 12.1 Å². The molecule has 5 nitrogen and oxygen atoms in total. The number of halogens is 7. The summed E-state index contributed by atoms with van der Waals surface area (Å²) in [6.07, 6.45) is -5.83. The molecule has 2 aromatic heterocycles. The molecular weight excluding hydrogens is 347 g/mol. The second-order valence-corrected chi connectivity index (χ2v) is 4.89. The van der Waals surface area contributed by atoms with Gasteiger partial charge in [-0.05, 0) is 19.1 Å². The van der Waals surface area contributed by atoms with E-state index in [2.05, 4.69) is 15.1 Å². The first-order chi connectivity index (χ1) is 10.9. The number of anilines is 1. The number of alkyl halides is 7. The van der Waals surface area contributed by atoms with Crippen molar-refractivity contribution >= 4 is 5.69 Å². The maximum atomic E-state index is 13.5. The molecule has 0 aromatic carbocycles. The van der Waals surface area contributed by atoms with Crippen molar-refractivity contribution in [3.63, 3.8) is 0 Å². The lowest BCUT2D eigenvalue weighted by Gasteiger charge is -2.25. The van der Waals surface area contributed by atoms with E-state index >= 15 is 0 Å². The minimum atomic E-state index is -6.45. The normalized spacial score (nSPS) is 13.3. The molecule has 2 N–H and O–H groups in total. The number of nitrogens with two attached hydrogens (primary N) is 1. The molecule has 0 saturated heterocycles. The number of rotatable bonds is 4. The standard InChI is InChI=1S/C12H10F7N5/c1-6-8(20)3-2-7(22-6)4-24-5-21-9(23-24)10(13,14)11(15,16)12(17,18)19/h2-3,5H,4,20H2,1H3. The monoisotopic (exact) mass is 357 g/mol. The first-order valence-corrected chi connectivity index (χ1v) is 6.30. The highest BCUT2D eigenvalue weighted by molar-refractivity contribution is 5.42. The summed E-state index contributed by atoms with van der Waals surface area (Å²) in [6.45, 7) is 1.31. The zero-order valence-corrected chi connectivity index (χ0v) is 12.0. The summed E-state index contributed by atoms with van der Waals surface area (Å²) in [5.74, 6) is -13.8. The van der Waals surface area contributed by atoms with Crippen LogP contribution < -0.4 is 5.73 Å². The van der Waals surface area contributed by atoms with Crippen molar-refractivity contribution in [3.05, 3.63) is 35.7 Å². The number of nitrogen functional groups attached to an aromatic ring is 1. The third kappa shape index (κ3) is 2.99. The highest BCUT2D eigenvalue weighted by atomic mass is 19.4. The van der Waals surface area contributed by atoms with Crippen LogP contribution in [0.2, 0.25) is 0 Å². The summed E-state index contributed by atoms with van der Waals surface area (Å²) < 4.78 is 89.9. The van der Waals surface area contributed by atoms with Crippen LogP contribution in [0.5, 0.6) is 0 Å². The van der Waals surface area contributed by atoms with Gasteiger partial charge in [0.05, 0.1) is 23.6 Å². The number of hydrogen-bond acceptors (Lipinski definition) is 4. The Bertz CT molecular complexity index is 738. The molecule has 0 amide bonds. The van der Waals surface area contributed by atoms with Gasteiger partial charge in [0, 0.05) is 0 Å². The Kier molecular flexibility index (Phi) is 4.19. The highest BCUT2D eigenvalue weighted by Gasteiger charge is 2.75. The summed E-state index contributed by atoms with van der Waals surface area (Å²) in [4.78, 5) is 6.87. The zero-order chi connectivity index (χ0) is 18.3. The lowest BCUT2D eigenvalue weighted by molar-refractivity contribution is -0.361. The van der Waals surface area contributed by atoms with Crippen LogP contribution in [-0.2, 0) is 12.5 Å². The van der Waals surface area contributed by atoms with Crippen molar-refractivity contribution in [1.29, 1.82) is 0 Å². The van der Waals surface area contributed by atoms with Gasteiger partial charge in [0.1, 0.15) is 6.33 Å². The Morgan fingerprint density at radius 3 is 2.25 bits per heavy atom. The smallest absolute Gasteiger partial charge is 0.397 e. The molecule has 0 fully saturated rings. The van der Waals surface area contributed by atoms with Crippen LogP contribution in [0, 0.1) is 6.92 Å². The number of hydrogen-bond donors (Lipinski definition) is 1. The van der Waals surface area contributed by atoms with Crippen LogP contribution in [0.25, 0.3) is 0 Å². The molecule has 0 bridgehead atoms. The lowest BCUT2D eigenvalue weighted by Crippen LogP contribution is -2.50. The molecule has 0 unspecified atom stereocenters. The fourth-order valence-electron chi connectivity index (χ4n) is 1.71. The van der Waals surface area contributed by atoms with E-state index in [0.29, 0.717) is 22.4 Å². The summed E-state index contributed by atoms with van der Waals surface area (Å²) in [7, 11) is 0. The van der Waals surface area contributed by atoms with Crippen molar-refractivity contribution < 1.29 is 30.7 Å². The van der Waals surface area contributed by atoms with Gasteiger partial charge in [-0.1, -0.05) is 0 Å². The van der Waals surface area contributed by atoms with Gasteiger partial charge >= 0.3 is 18.0 Å². The lowest BCUT2D eigenvalue weighted by atomic mass is 10.1. The quantitative estimate of drug-likeness (QED) is 0.855. The number of pyridine rings is 1. The van der Waals surface area contributed by atoms with Gasteiger partial charge in [0.25, 0.3) is 0 Å². The highest BCUT2D eigenvalue weighted by Crippen LogP contribution is 2.50. The van der Waals surface area contributed by atoms with Crippen LogP contribution in [0.3, 0.4) is 0 Å². The van der Waals surface area contributed by atoms with E-state index in [1.807, 2.05) is 0 Å². The Morgan fingerprint density at radius 2 is 1.71 bits per heavy atom. The van der Waals surface area contributed by atoms with Gasteiger partial charge in [-0.25, -0.2) is 9.67 Å². The van der Waals surface area contributed by atoms with Gasteiger partial charge < -0.3 is 5.73 Å². The molecular formula is C12H10F7N5. The van der Waals surface area contributed by atoms with E-state index in [9.17, 15) is 30.7 Å². The minimum Gasteiger partial charge on any atom is -0.397 e. The van der Waals surface area contributed by atoms with E-state index in [1.54, 1.807) is 6.92 Å². The molecule has 2 heterocycles. The number of nitrogens with zero attached hydrogens (tertiary/aromatic N) is 4. The van der Waals surface area contributed by atoms with Crippen molar-refractivity contribution in [2.45, 2.75) is 31.5 Å². The molecule has 0 aliphatic heterocycles. The first-order valence-electron chi connectivity index (χ1n) is 6.30. The van der Waals surface area contributed by atoms with Crippen LogP contribution in [0.4, 0.5) is 36.4 Å². The van der Waals surface area contributed by atoms with Gasteiger partial charge in [-0.3, -0.25) is 4.98 Å². The third-order valence-corrected chi connectivity index (χ3v) is 3.08. The fourth-order valence-corrected chi connectivity index (χ4v) is 1.71. The average Bonchev–Trinajstić information content (AvgIpc) is 2.90. The molecule has 24 heavy (non-hydrogen) atoms. The summed E-state index contributed by atoms with van der Waals surface area (Å²) in [5, 5.41) is 3.01. The Balaban J connectivity index is 2.28. The molecule has 0 atom stereocenters. The van der Waals surface area contributed by atoms with Crippen molar-refractivity contribution in [3.8, 4) is 0 Å². The average molecular weight is 357 g/mol. The van der Waals surface area contributed by atoms with E-state index in [0.717, 1.165) is 0 Å². The summed E-state index contributed by atoms with van der Waals surface area (Å²) >= 11 is 0. The SMILES string of the molecule is Cc1nc(Cn2cnc(C(F)(F)C(F)(F)C(F)(F)F)n2)ccc1N. The Hall–Kier alpha value is -2.40. The van der Waals surface area contributed by atoms with Crippen molar-refractivity contribution in [1.82, 2.24) is 19.7 Å². The largest absolute Gasteiger partial charge is 0.460 e. The van der Waals surface area contributed by atoms with Gasteiger partial charge in [-0.15, -0.1) is 5.10 Å². The second-order valence-electron chi connectivity index (χ2n) is 4.89. The predicted octanol–water partition coefficient (Wildman–Crippen LogP) is 2.90. The Morgan fingerprint density at radius 1 is 1.08 bits per heavy atom. The molecule has 0 radical (unpaired) electrons. The molecule has 0 spiro atoms. The molecule has 0 aliphatic rings. The van der Waals surface area contributed by atoms with Crippen LogP contribution in [-0.4, -0.2) is 31.8 Å². The Labute approximate surface area is 130 Å². The maximum absolute atomic E-state index is 13.5. The van der Waals surface area contributed by atoms with Gasteiger partial charge in [-0.2, -0.15) is 30.7 Å². The fraction of sp³-hybridized carbons (Fsp3) is 0.417. The third-order valence-electron chi connectivity index (χ3n) is 3.08. The molecule has 0 saturated carbocycles. The molecule has 0 aliphatic carbocycles. The maximum Gasteiger partial charge on any atom is 0.460 e. The molecule has 12 heteroatoms. The van der Waals surface area contributed by atoms with Crippen molar-refractivity contribution in [2.24, 2.45) is 0 Å². The topological polar surface area (TPSA) is 69.6 Å². The van der Waals surface area contributed by atoms with Gasteiger partial charge in [0.2, 0.25) is 5.82 Å².